The van der Waals surface area contributed by atoms with E-state index in [1.807, 2.05) is 32.0 Å². The third kappa shape index (κ3) is 10.4. The molecule has 0 heterocycles. The summed E-state index contributed by atoms with van der Waals surface area (Å²) in [5, 5.41) is 15.2. The molecular weight excluding hydrogens is 478 g/mol. The Morgan fingerprint density at radius 3 is 2.03 bits per heavy atom. The Hall–Kier alpha value is -3.14. The molecule has 2 atom stereocenters. The third-order valence-corrected chi connectivity index (χ3v) is 5.13. The first-order valence-electron chi connectivity index (χ1n) is 12.4. The number of aliphatic hydroxyl groups excluding tert-OH is 1. The van der Waals surface area contributed by atoms with Crippen molar-refractivity contribution >= 4 is 23.9 Å². The largest absolute Gasteiger partial charge is 0.466 e. The van der Waals surface area contributed by atoms with E-state index in [2.05, 4.69) is 10.6 Å². The molecule has 10 heteroatoms. The molecule has 0 aromatic heterocycles. The fourth-order valence-electron chi connectivity index (χ4n) is 3.85. The molecule has 0 saturated carbocycles. The molecule has 37 heavy (non-hydrogen) atoms. The predicted molar refractivity (Wildman–Crippen MR) is 140 cm³/mol. The highest BCUT2D eigenvalue weighted by Gasteiger charge is 2.41. The van der Waals surface area contributed by atoms with Gasteiger partial charge in [0.05, 0.1) is 19.6 Å². The fraction of sp³-hybridized carbons (Fsp3) is 0.630. The van der Waals surface area contributed by atoms with E-state index in [9.17, 15) is 24.3 Å². The zero-order valence-electron chi connectivity index (χ0n) is 23.6. The standard InChI is InChI=1S/C27H43N3O7/c1-10-36-21(32)11-12-28-23(33)22(19-14-17(2)13-18(3)15-19)30(26(4,5)6)24(34)20(16-31)29-25(35)37-27(7,8)9/h13-15,20,22,31H,10-12,16H2,1-9H3,(H,28,33)(H,29,35). The van der Waals surface area contributed by atoms with E-state index < -0.39 is 53.7 Å². The lowest BCUT2D eigenvalue weighted by atomic mass is 9.93. The van der Waals surface area contributed by atoms with Crippen LogP contribution < -0.4 is 10.6 Å². The summed E-state index contributed by atoms with van der Waals surface area (Å²) in [5.74, 6) is -1.62. The summed E-state index contributed by atoms with van der Waals surface area (Å²) >= 11 is 0. The van der Waals surface area contributed by atoms with E-state index in [1.54, 1.807) is 48.5 Å². The summed E-state index contributed by atoms with van der Waals surface area (Å²) in [4.78, 5) is 52.9. The first-order valence-corrected chi connectivity index (χ1v) is 12.4. The van der Waals surface area contributed by atoms with Crippen LogP contribution in [0.25, 0.3) is 0 Å². The number of carbonyl (C=O) groups is 4. The molecular formula is C27H43N3O7. The minimum absolute atomic E-state index is 0.0186. The molecule has 0 spiro atoms. The van der Waals surface area contributed by atoms with Gasteiger partial charge in [0.2, 0.25) is 11.8 Å². The second-order valence-corrected chi connectivity index (χ2v) is 10.9. The van der Waals surface area contributed by atoms with Crippen LogP contribution in [0, 0.1) is 13.8 Å². The van der Waals surface area contributed by atoms with Crippen molar-refractivity contribution < 1.29 is 33.8 Å². The van der Waals surface area contributed by atoms with Gasteiger partial charge in [-0.25, -0.2) is 4.79 Å². The van der Waals surface area contributed by atoms with Crippen molar-refractivity contribution in [2.75, 3.05) is 19.8 Å². The maximum atomic E-state index is 13.8. The molecule has 0 aliphatic carbocycles. The Morgan fingerprint density at radius 1 is 1.00 bits per heavy atom. The summed E-state index contributed by atoms with van der Waals surface area (Å²) in [6, 6.07) is 3.11. The minimum Gasteiger partial charge on any atom is -0.466 e. The van der Waals surface area contributed by atoms with Crippen LogP contribution in [0.4, 0.5) is 4.79 Å². The van der Waals surface area contributed by atoms with Gasteiger partial charge in [-0.05, 0) is 67.9 Å². The van der Waals surface area contributed by atoms with Gasteiger partial charge in [0.25, 0.3) is 0 Å². The van der Waals surface area contributed by atoms with Crippen LogP contribution in [0.15, 0.2) is 18.2 Å². The van der Waals surface area contributed by atoms with Crippen molar-refractivity contribution in [1.82, 2.24) is 15.5 Å². The quantitative estimate of drug-likeness (QED) is 0.403. The van der Waals surface area contributed by atoms with Crippen LogP contribution in [0.1, 0.15) is 77.6 Å². The second-order valence-electron chi connectivity index (χ2n) is 10.9. The number of amides is 3. The number of esters is 1. The Kier molecular flexibility index (Phi) is 11.6. The van der Waals surface area contributed by atoms with E-state index in [-0.39, 0.29) is 19.6 Å². The second kappa shape index (κ2) is 13.4. The summed E-state index contributed by atoms with van der Waals surface area (Å²) in [7, 11) is 0. The summed E-state index contributed by atoms with van der Waals surface area (Å²) in [6.07, 6.45) is -0.891. The normalized spacial score (nSPS) is 13.2. The van der Waals surface area contributed by atoms with Gasteiger partial charge in [0.15, 0.2) is 0 Å². The van der Waals surface area contributed by atoms with Crippen molar-refractivity contribution in [3.8, 4) is 0 Å². The number of carbonyl (C=O) groups excluding carboxylic acids is 4. The van der Waals surface area contributed by atoms with Crippen molar-refractivity contribution in [3.05, 3.63) is 34.9 Å². The molecule has 0 fully saturated rings. The average molecular weight is 522 g/mol. The zero-order chi connectivity index (χ0) is 28.6. The van der Waals surface area contributed by atoms with Crippen LogP contribution in [0.5, 0.6) is 0 Å². The molecule has 208 valence electrons. The van der Waals surface area contributed by atoms with Gasteiger partial charge in [0.1, 0.15) is 17.7 Å². The van der Waals surface area contributed by atoms with Crippen molar-refractivity contribution in [2.24, 2.45) is 0 Å². The summed E-state index contributed by atoms with van der Waals surface area (Å²) in [5.41, 5.74) is 0.638. The number of hydrogen-bond donors (Lipinski definition) is 3. The van der Waals surface area contributed by atoms with Gasteiger partial charge in [-0.1, -0.05) is 29.3 Å². The molecule has 1 aromatic rings. The lowest BCUT2D eigenvalue weighted by Crippen LogP contribution is -2.59. The van der Waals surface area contributed by atoms with Crippen LogP contribution >= 0.6 is 0 Å². The third-order valence-electron chi connectivity index (χ3n) is 5.13. The average Bonchev–Trinajstić information content (AvgIpc) is 2.72. The number of hydrogen-bond acceptors (Lipinski definition) is 7. The van der Waals surface area contributed by atoms with Gasteiger partial charge >= 0.3 is 12.1 Å². The number of alkyl carbamates (subject to hydrolysis) is 1. The molecule has 2 unspecified atom stereocenters. The molecule has 10 nitrogen and oxygen atoms in total. The van der Waals surface area contributed by atoms with Crippen LogP contribution in [0.2, 0.25) is 0 Å². The SMILES string of the molecule is CCOC(=O)CCNC(=O)C(c1cc(C)cc(C)c1)N(C(=O)C(CO)NC(=O)OC(C)(C)C)C(C)(C)C. The summed E-state index contributed by atoms with van der Waals surface area (Å²) in [6.45, 7) is 15.3. The topological polar surface area (TPSA) is 134 Å². The van der Waals surface area contributed by atoms with Crippen LogP contribution in [-0.4, -0.2) is 70.8 Å². The maximum absolute atomic E-state index is 13.8. The van der Waals surface area contributed by atoms with Crippen molar-refractivity contribution in [2.45, 2.75) is 92.0 Å². The molecule has 1 rings (SSSR count). The number of rotatable bonds is 10. The van der Waals surface area contributed by atoms with E-state index in [1.165, 1.54) is 4.90 Å². The lowest BCUT2D eigenvalue weighted by molar-refractivity contribution is -0.149. The highest BCUT2D eigenvalue weighted by Crippen LogP contribution is 2.31. The van der Waals surface area contributed by atoms with Crippen molar-refractivity contribution in [3.63, 3.8) is 0 Å². The number of ether oxygens (including phenoxy) is 2. The molecule has 0 radical (unpaired) electrons. The molecule has 3 amide bonds. The highest BCUT2D eigenvalue weighted by molar-refractivity contribution is 5.93. The van der Waals surface area contributed by atoms with Crippen LogP contribution in [0.3, 0.4) is 0 Å². The van der Waals surface area contributed by atoms with Gasteiger partial charge in [-0.15, -0.1) is 0 Å². The first-order chi connectivity index (χ1) is 17.0. The number of aryl methyl sites for hydroxylation is 2. The maximum Gasteiger partial charge on any atom is 0.408 e. The molecule has 3 N–H and O–H groups in total. The Labute approximate surface area is 220 Å². The minimum atomic E-state index is -1.35. The van der Waals surface area contributed by atoms with E-state index in [0.717, 1.165) is 11.1 Å². The van der Waals surface area contributed by atoms with Crippen molar-refractivity contribution in [1.29, 1.82) is 0 Å². The Bertz CT molecular complexity index is 943. The van der Waals surface area contributed by atoms with E-state index >= 15 is 0 Å². The smallest absolute Gasteiger partial charge is 0.408 e. The number of aliphatic hydroxyl groups is 1. The van der Waals surface area contributed by atoms with E-state index in [4.69, 9.17) is 9.47 Å². The Morgan fingerprint density at radius 2 is 1.57 bits per heavy atom. The van der Waals surface area contributed by atoms with Gasteiger partial charge in [0, 0.05) is 12.1 Å². The molecule has 0 aliphatic heterocycles. The highest BCUT2D eigenvalue weighted by atomic mass is 16.6. The van der Waals surface area contributed by atoms with Gasteiger partial charge in [-0.2, -0.15) is 0 Å². The van der Waals surface area contributed by atoms with E-state index in [0.29, 0.717) is 5.56 Å². The van der Waals surface area contributed by atoms with Crippen LogP contribution in [-0.2, 0) is 23.9 Å². The summed E-state index contributed by atoms with van der Waals surface area (Å²) < 4.78 is 10.2. The predicted octanol–water partition coefficient (Wildman–Crippen LogP) is 2.93. The number of nitrogens with one attached hydrogen (secondary N) is 2. The molecule has 0 aliphatic rings. The Balaban J connectivity index is 3.45. The first kappa shape index (κ1) is 31.9. The molecule has 1 aromatic carbocycles. The molecule has 0 bridgehead atoms. The van der Waals surface area contributed by atoms with Gasteiger partial charge < -0.3 is 30.1 Å². The number of benzene rings is 1. The molecule has 0 saturated heterocycles. The zero-order valence-corrected chi connectivity index (χ0v) is 23.6. The lowest BCUT2D eigenvalue weighted by Gasteiger charge is -2.43. The van der Waals surface area contributed by atoms with Gasteiger partial charge in [-0.3, -0.25) is 14.4 Å². The monoisotopic (exact) mass is 521 g/mol. The number of nitrogens with zero attached hydrogens (tertiary/aromatic N) is 1. The fourth-order valence-corrected chi connectivity index (χ4v) is 3.85.